The summed E-state index contributed by atoms with van der Waals surface area (Å²) < 4.78 is 5.48. The maximum Gasteiger partial charge on any atom is 0.407 e. The largest absolute Gasteiger partial charge is 0.481 e. The number of carbonyl (C=O) groups excluding carboxylic acids is 2. The minimum Gasteiger partial charge on any atom is -0.481 e. The highest BCUT2D eigenvalue weighted by Gasteiger charge is 2.34. The molecule has 0 radical (unpaired) electrons. The fourth-order valence-electron chi connectivity index (χ4n) is 4.83. The number of carbonyl (C=O) groups is 3. The van der Waals surface area contributed by atoms with E-state index in [-0.39, 0.29) is 25.0 Å². The van der Waals surface area contributed by atoms with E-state index in [4.69, 9.17) is 9.84 Å². The van der Waals surface area contributed by atoms with Crippen LogP contribution in [-0.4, -0.2) is 65.4 Å². The number of hydrogen-bond donors (Lipinski definition) is 3. The lowest BCUT2D eigenvalue weighted by Gasteiger charge is -2.23. The zero-order valence-corrected chi connectivity index (χ0v) is 18.3. The summed E-state index contributed by atoms with van der Waals surface area (Å²) in [5, 5.41) is 20.8. The molecular formula is C25H28N2O6. The van der Waals surface area contributed by atoms with Crippen molar-refractivity contribution in [1.82, 2.24) is 10.2 Å². The third-order valence-electron chi connectivity index (χ3n) is 6.45. The van der Waals surface area contributed by atoms with Crippen molar-refractivity contribution >= 4 is 18.0 Å². The number of fused-ring (bicyclic) bond motifs is 3. The second-order valence-electron chi connectivity index (χ2n) is 8.57. The molecule has 1 aliphatic carbocycles. The Morgan fingerprint density at radius 2 is 1.70 bits per heavy atom. The molecule has 0 bridgehead atoms. The third-order valence-corrected chi connectivity index (χ3v) is 6.45. The number of aliphatic hydroxyl groups is 1. The summed E-state index contributed by atoms with van der Waals surface area (Å²) in [5.41, 5.74) is 4.34. The van der Waals surface area contributed by atoms with Crippen LogP contribution in [0, 0.1) is 5.92 Å². The van der Waals surface area contributed by atoms with Crippen molar-refractivity contribution in [3.63, 3.8) is 0 Å². The molecule has 2 aromatic rings. The average Bonchev–Trinajstić information content (AvgIpc) is 3.39. The Balaban J connectivity index is 1.40. The molecule has 0 spiro atoms. The molecule has 8 nitrogen and oxygen atoms in total. The van der Waals surface area contributed by atoms with E-state index >= 15 is 0 Å². The number of hydrogen-bond acceptors (Lipinski definition) is 5. The Hall–Kier alpha value is -3.39. The summed E-state index contributed by atoms with van der Waals surface area (Å²) in [6, 6.07) is 14.7. The maximum absolute atomic E-state index is 12.9. The first-order valence-electron chi connectivity index (χ1n) is 11.2. The van der Waals surface area contributed by atoms with Gasteiger partial charge in [0.1, 0.15) is 12.6 Å². The number of likely N-dealkylation sites (tertiary alicyclic amines) is 1. The highest BCUT2D eigenvalue weighted by Crippen LogP contribution is 2.44. The molecule has 33 heavy (non-hydrogen) atoms. The lowest BCUT2D eigenvalue weighted by molar-refractivity contribution is -0.142. The van der Waals surface area contributed by atoms with Gasteiger partial charge >= 0.3 is 12.1 Å². The van der Waals surface area contributed by atoms with Crippen molar-refractivity contribution in [2.45, 2.75) is 31.2 Å². The zero-order chi connectivity index (χ0) is 23.4. The average molecular weight is 453 g/mol. The number of nitrogens with one attached hydrogen (secondary N) is 1. The molecule has 4 rings (SSSR count). The molecule has 2 aromatic carbocycles. The number of carboxylic acid groups (broad SMARTS) is 1. The molecule has 0 saturated carbocycles. The molecule has 174 valence electrons. The molecule has 2 aliphatic rings. The third kappa shape index (κ3) is 5.01. The maximum atomic E-state index is 12.9. The highest BCUT2D eigenvalue weighted by atomic mass is 16.5. The Morgan fingerprint density at radius 1 is 1.06 bits per heavy atom. The Kier molecular flexibility index (Phi) is 6.93. The van der Waals surface area contributed by atoms with Crippen LogP contribution in [0.5, 0.6) is 0 Å². The van der Waals surface area contributed by atoms with Crippen LogP contribution < -0.4 is 5.32 Å². The van der Waals surface area contributed by atoms with E-state index in [0.29, 0.717) is 19.5 Å². The molecule has 8 heteroatoms. The molecule has 0 aromatic heterocycles. The van der Waals surface area contributed by atoms with E-state index in [0.717, 1.165) is 28.7 Å². The zero-order valence-electron chi connectivity index (χ0n) is 18.3. The number of ether oxygens (including phenoxy) is 1. The van der Waals surface area contributed by atoms with Gasteiger partial charge in [0.2, 0.25) is 5.91 Å². The number of alkyl carbamates (subject to hydrolysis) is 1. The lowest BCUT2D eigenvalue weighted by atomic mass is 9.98. The fraction of sp³-hybridized carbons (Fsp3) is 0.400. The SMILES string of the molecule is O=C(O)CC(NC(=O)OCC1c2ccccc2-c2ccccc21)C(=O)N1CCC(CCO)C1. The van der Waals surface area contributed by atoms with Gasteiger partial charge < -0.3 is 25.2 Å². The van der Waals surface area contributed by atoms with E-state index in [2.05, 4.69) is 5.32 Å². The minimum atomic E-state index is -1.20. The van der Waals surface area contributed by atoms with Gasteiger partial charge in [-0.3, -0.25) is 9.59 Å². The van der Waals surface area contributed by atoms with Gasteiger partial charge in [-0.1, -0.05) is 48.5 Å². The van der Waals surface area contributed by atoms with Crippen LogP contribution in [0.15, 0.2) is 48.5 Å². The monoisotopic (exact) mass is 452 g/mol. The summed E-state index contributed by atoms with van der Waals surface area (Å²) in [7, 11) is 0. The van der Waals surface area contributed by atoms with Crippen molar-refractivity contribution in [2.75, 3.05) is 26.3 Å². The van der Waals surface area contributed by atoms with Crippen LogP contribution in [-0.2, 0) is 14.3 Å². The van der Waals surface area contributed by atoms with Gasteiger partial charge in [-0.2, -0.15) is 0 Å². The van der Waals surface area contributed by atoms with E-state index in [9.17, 15) is 19.5 Å². The molecular weight excluding hydrogens is 424 g/mol. The first-order valence-corrected chi connectivity index (χ1v) is 11.2. The van der Waals surface area contributed by atoms with E-state index in [1.54, 1.807) is 4.90 Å². The standard InChI is InChI=1S/C25H28N2O6/c28-12-10-16-9-11-27(14-16)24(31)22(13-23(29)30)26-25(32)33-15-21-19-7-3-1-5-17(19)18-6-2-4-8-20(18)21/h1-8,16,21-22,28H,9-15H2,(H,26,32)(H,29,30). The van der Waals surface area contributed by atoms with Crippen LogP contribution in [0.25, 0.3) is 11.1 Å². The molecule has 2 unspecified atom stereocenters. The number of benzene rings is 2. The van der Waals surface area contributed by atoms with Crippen molar-refractivity contribution in [3.8, 4) is 11.1 Å². The fourth-order valence-corrected chi connectivity index (χ4v) is 4.83. The molecule has 1 aliphatic heterocycles. The summed E-state index contributed by atoms with van der Waals surface area (Å²) in [4.78, 5) is 38.3. The summed E-state index contributed by atoms with van der Waals surface area (Å²) in [6.45, 7) is 1.05. The predicted octanol–water partition coefficient (Wildman–Crippen LogP) is 2.60. The van der Waals surface area contributed by atoms with Crippen molar-refractivity contribution < 1.29 is 29.3 Å². The minimum absolute atomic E-state index is 0.0449. The first kappa shape index (κ1) is 22.8. The summed E-state index contributed by atoms with van der Waals surface area (Å²) in [6.07, 6.45) is -0.00316. The van der Waals surface area contributed by atoms with Gasteiger partial charge in [-0.15, -0.1) is 0 Å². The van der Waals surface area contributed by atoms with Gasteiger partial charge in [-0.25, -0.2) is 4.79 Å². The topological polar surface area (TPSA) is 116 Å². The van der Waals surface area contributed by atoms with E-state index in [1.807, 2.05) is 48.5 Å². The normalized spacial score (nSPS) is 17.8. The molecule has 1 fully saturated rings. The van der Waals surface area contributed by atoms with Crippen molar-refractivity contribution in [3.05, 3.63) is 59.7 Å². The van der Waals surface area contributed by atoms with Crippen molar-refractivity contribution in [1.29, 1.82) is 0 Å². The first-order chi connectivity index (χ1) is 16.0. The van der Waals surface area contributed by atoms with Crippen LogP contribution in [0.2, 0.25) is 0 Å². The Labute approximate surface area is 192 Å². The van der Waals surface area contributed by atoms with Gasteiger partial charge in [0.05, 0.1) is 6.42 Å². The van der Waals surface area contributed by atoms with Crippen LogP contribution in [0.4, 0.5) is 4.79 Å². The predicted molar refractivity (Wildman–Crippen MR) is 121 cm³/mol. The smallest absolute Gasteiger partial charge is 0.407 e. The number of amides is 2. The van der Waals surface area contributed by atoms with Gasteiger partial charge in [-0.05, 0) is 41.0 Å². The van der Waals surface area contributed by atoms with Crippen molar-refractivity contribution in [2.24, 2.45) is 5.92 Å². The van der Waals surface area contributed by atoms with Crippen LogP contribution >= 0.6 is 0 Å². The molecule has 3 N–H and O–H groups in total. The van der Waals surface area contributed by atoms with Gasteiger partial charge in [0.25, 0.3) is 0 Å². The Morgan fingerprint density at radius 3 is 2.30 bits per heavy atom. The van der Waals surface area contributed by atoms with Gasteiger partial charge in [0, 0.05) is 25.6 Å². The summed E-state index contributed by atoms with van der Waals surface area (Å²) in [5.74, 6) is -1.57. The van der Waals surface area contributed by atoms with Crippen LogP contribution in [0.1, 0.15) is 36.3 Å². The van der Waals surface area contributed by atoms with E-state index in [1.165, 1.54) is 0 Å². The quantitative estimate of drug-likeness (QED) is 0.567. The molecule has 2 atom stereocenters. The number of rotatable bonds is 8. The molecule has 1 saturated heterocycles. The second-order valence-corrected chi connectivity index (χ2v) is 8.57. The van der Waals surface area contributed by atoms with E-state index < -0.39 is 30.4 Å². The number of aliphatic hydroxyl groups excluding tert-OH is 1. The highest BCUT2D eigenvalue weighted by molar-refractivity contribution is 5.89. The second kappa shape index (κ2) is 10.0. The molecule has 2 amide bonds. The lowest BCUT2D eigenvalue weighted by Crippen LogP contribution is -2.49. The number of carboxylic acids is 1. The summed E-state index contributed by atoms with van der Waals surface area (Å²) >= 11 is 0. The molecule has 1 heterocycles. The van der Waals surface area contributed by atoms with Gasteiger partial charge in [0.15, 0.2) is 0 Å². The number of aliphatic carboxylic acids is 1. The van der Waals surface area contributed by atoms with Crippen LogP contribution in [0.3, 0.4) is 0 Å². The number of nitrogens with zero attached hydrogens (tertiary/aromatic N) is 1. The Bertz CT molecular complexity index is 994.